The molecule has 0 spiro atoms. The summed E-state index contributed by atoms with van der Waals surface area (Å²) < 4.78 is 26.9. The molecule has 2 rings (SSSR count). The minimum absolute atomic E-state index is 0.241. The van der Waals surface area contributed by atoms with Gasteiger partial charge in [-0.1, -0.05) is 12.1 Å². The fourth-order valence-corrected chi connectivity index (χ4v) is 4.17. The summed E-state index contributed by atoms with van der Waals surface area (Å²) in [6.07, 6.45) is 1.70. The van der Waals surface area contributed by atoms with Gasteiger partial charge in [0.15, 0.2) is 0 Å². The number of rotatable bonds is 4. The fourth-order valence-electron chi connectivity index (χ4n) is 2.55. The molecule has 0 bridgehead atoms. The first kappa shape index (κ1) is 15.2. The van der Waals surface area contributed by atoms with Crippen molar-refractivity contribution in [3.05, 3.63) is 24.3 Å². The Balaban J connectivity index is 2.20. The van der Waals surface area contributed by atoms with Crippen LogP contribution in [0.15, 0.2) is 29.2 Å². The van der Waals surface area contributed by atoms with Gasteiger partial charge in [0.2, 0.25) is 10.0 Å². The van der Waals surface area contributed by atoms with Gasteiger partial charge in [-0.25, -0.2) is 8.42 Å². The molecule has 1 fully saturated rings. The van der Waals surface area contributed by atoms with Crippen LogP contribution in [0.25, 0.3) is 0 Å². The molecule has 1 heterocycles. The lowest BCUT2D eigenvalue weighted by atomic mass is 10.1. The van der Waals surface area contributed by atoms with Gasteiger partial charge in [0.05, 0.1) is 5.69 Å². The molecule has 1 aromatic rings. The third-order valence-corrected chi connectivity index (χ3v) is 5.77. The summed E-state index contributed by atoms with van der Waals surface area (Å²) in [5.41, 5.74) is 2.89. The van der Waals surface area contributed by atoms with Crippen LogP contribution in [0.5, 0.6) is 0 Å². The van der Waals surface area contributed by atoms with Crippen molar-refractivity contribution in [2.24, 2.45) is 5.84 Å². The molecular weight excluding hydrogens is 276 g/mol. The van der Waals surface area contributed by atoms with E-state index in [1.807, 2.05) is 14.1 Å². The molecule has 1 aliphatic rings. The first-order valence-corrected chi connectivity index (χ1v) is 8.13. The summed E-state index contributed by atoms with van der Waals surface area (Å²) in [4.78, 5) is 2.39. The molecule has 0 saturated carbocycles. The number of nitrogens with zero attached hydrogens (tertiary/aromatic N) is 2. The molecule has 1 aliphatic heterocycles. The molecule has 7 heteroatoms. The smallest absolute Gasteiger partial charge is 0.245 e. The minimum Gasteiger partial charge on any atom is -0.323 e. The van der Waals surface area contributed by atoms with E-state index in [0.717, 1.165) is 12.8 Å². The second kappa shape index (κ2) is 6.09. The summed E-state index contributed by atoms with van der Waals surface area (Å²) in [6, 6.07) is 7.17. The second-order valence-electron chi connectivity index (χ2n) is 5.24. The molecule has 112 valence electrons. The Hall–Kier alpha value is -1.15. The van der Waals surface area contributed by atoms with Gasteiger partial charge in [0.25, 0.3) is 0 Å². The zero-order valence-electron chi connectivity index (χ0n) is 11.9. The first-order valence-electron chi connectivity index (χ1n) is 6.69. The van der Waals surface area contributed by atoms with Crippen LogP contribution in [0.1, 0.15) is 12.8 Å². The van der Waals surface area contributed by atoms with Gasteiger partial charge in [-0.05, 0) is 39.1 Å². The van der Waals surface area contributed by atoms with E-state index in [2.05, 4.69) is 10.3 Å². The number of hydrogen-bond donors (Lipinski definition) is 2. The van der Waals surface area contributed by atoms with Gasteiger partial charge in [-0.3, -0.25) is 5.84 Å². The molecule has 0 aromatic heterocycles. The predicted molar refractivity (Wildman–Crippen MR) is 79.7 cm³/mol. The van der Waals surface area contributed by atoms with Crippen molar-refractivity contribution < 1.29 is 8.42 Å². The maximum absolute atomic E-state index is 12.7. The highest BCUT2D eigenvalue weighted by atomic mass is 32.2. The van der Waals surface area contributed by atoms with E-state index in [4.69, 9.17) is 5.84 Å². The maximum atomic E-state index is 12.7. The summed E-state index contributed by atoms with van der Waals surface area (Å²) in [5, 5.41) is 0. The van der Waals surface area contributed by atoms with Crippen LogP contribution < -0.4 is 11.3 Å². The van der Waals surface area contributed by atoms with Crippen LogP contribution in [0.2, 0.25) is 0 Å². The van der Waals surface area contributed by atoms with Crippen LogP contribution in [0, 0.1) is 0 Å². The SMILES string of the molecule is CN(C)C1CCN(S(=O)(=O)c2ccccc2NN)CC1. The van der Waals surface area contributed by atoms with E-state index < -0.39 is 10.0 Å². The summed E-state index contributed by atoms with van der Waals surface area (Å²) in [7, 11) is 0.579. The van der Waals surface area contributed by atoms with Crippen molar-refractivity contribution in [2.75, 3.05) is 32.6 Å². The highest BCUT2D eigenvalue weighted by Gasteiger charge is 2.31. The van der Waals surface area contributed by atoms with Crippen molar-refractivity contribution in [3.63, 3.8) is 0 Å². The minimum atomic E-state index is -3.48. The van der Waals surface area contributed by atoms with Crippen molar-refractivity contribution in [1.29, 1.82) is 0 Å². The lowest BCUT2D eigenvalue weighted by molar-refractivity contribution is 0.196. The van der Waals surface area contributed by atoms with E-state index in [9.17, 15) is 8.42 Å². The lowest BCUT2D eigenvalue weighted by Crippen LogP contribution is -2.44. The monoisotopic (exact) mass is 298 g/mol. The Morgan fingerprint density at radius 1 is 1.25 bits per heavy atom. The van der Waals surface area contributed by atoms with Crippen LogP contribution in [-0.2, 0) is 10.0 Å². The van der Waals surface area contributed by atoms with E-state index in [-0.39, 0.29) is 4.90 Å². The number of nitrogens with one attached hydrogen (secondary N) is 1. The zero-order valence-corrected chi connectivity index (χ0v) is 12.7. The fraction of sp³-hybridized carbons (Fsp3) is 0.538. The lowest BCUT2D eigenvalue weighted by Gasteiger charge is -2.34. The molecule has 1 aromatic carbocycles. The Morgan fingerprint density at radius 2 is 1.85 bits per heavy atom. The first-order chi connectivity index (χ1) is 9.46. The number of anilines is 1. The molecular formula is C13H22N4O2S. The molecule has 0 atom stereocenters. The molecule has 1 saturated heterocycles. The quantitative estimate of drug-likeness (QED) is 0.631. The van der Waals surface area contributed by atoms with E-state index >= 15 is 0 Å². The van der Waals surface area contributed by atoms with E-state index in [1.165, 1.54) is 0 Å². The van der Waals surface area contributed by atoms with Crippen LogP contribution >= 0.6 is 0 Å². The number of hydrazine groups is 1. The van der Waals surface area contributed by atoms with Crippen molar-refractivity contribution >= 4 is 15.7 Å². The average molecular weight is 298 g/mol. The van der Waals surface area contributed by atoms with Gasteiger partial charge in [-0.2, -0.15) is 4.31 Å². The maximum Gasteiger partial charge on any atom is 0.245 e. The summed E-state index contributed by atoms with van der Waals surface area (Å²) >= 11 is 0. The largest absolute Gasteiger partial charge is 0.323 e. The number of benzene rings is 1. The number of sulfonamides is 1. The highest BCUT2D eigenvalue weighted by molar-refractivity contribution is 7.89. The number of hydrogen-bond acceptors (Lipinski definition) is 5. The van der Waals surface area contributed by atoms with Crippen molar-refractivity contribution in [3.8, 4) is 0 Å². The zero-order chi connectivity index (χ0) is 14.8. The van der Waals surface area contributed by atoms with E-state index in [1.54, 1.807) is 28.6 Å². The van der Waals surface area contributed by atoms with Crippen LogP contribution in [0.3, 0.4) is 0 Å². The topological polar surface area (TPSA) is 78.7 Å². The molecule has 0 radical (unpaired) electrons. The third-order valence-electron chi connectivity index (χ3n) is 3.81. The summed E-state index contributed by atoms with van der Waals surface area (Å²) in [6.45, 7) is 1.09. The molecule has 3 N–H and O–H groups in total. The van der Waals surface area contributed by atoms with Gasteiger partial charge in [-0.15, -0.1) is 0 Å². The molecule has 20 heavy (non-hydrogen) atoms. The average Bonchev–Trinajstić information content (AvgIpc) is 2.47. The molecule has 6 nitrogen and oxygen atoms in total. The summed E-state index contributed by atoms with van der Waals surface area (Å²) in [5.74, 6) is 5.40. The number of piperidine rings is 1. The van der Waals surface area contributed by atoms with Crippen LogP contribution in [0.4, 0.5) is 5.69 Å². The highest BCUT2D eigenvalue weighted by Crippen LogP contribution is 2.26. The van der Waals surface area contributed by atoms with Crippen molar-refractivity contribution in [2.45, 2.75) is 23.8 Å². The number of nitrogen functional groups attached to an aromatic ring is 1. The normalized spacial score (nSPS) is 18.4. The molecule has 0 amide bonds. The van der Waals surface area contributed by atoms with E-state index in [0.29, 0.717) is 24.8 Å². The third kappa shape index (κ3) is 2.95. The standard InChI is InChI=1S/C13H22N4O2S/c1-16(2)11-7-9-17(10-8-11)20(18,19)13-6-4-3-5-12(13)15-14/h3-6,11,15H,7-10,14H2,1-2H3. The van der Waals surface area contributed by atoms with Crippen LogP contribution in [-0.4, -0.2) is 50.8 Å². The van der Waals surface area contributed by atoms with Gasteiger partial charge < -0.3 is 10.3 Å². The Kier molecular flexibility index (Phi) is 4.64. The molecule has 0 aliphatic carbocycles. The predicted octanol–water partition coefficient (Wildman–Crippen LogP) is 0.687. The Morgan fingerprint density at radius 3 is 2.40 bits per heavy atom. The Labute approximate surface area is 120 Å². The van der Waals surface area contributed by atoms with Gasteiger partial charge in [0.1, 0.15) is 4.90 Å². The number of nitrogens with two attached hydrogens (primary N) is 1. The molecule has 0 unspecified atom stereocenters. The van der Waals surface area contributed by atoms with Gasteiger partial charge >= 0.3 is 0 Å². The van der Waals surface area contributed by atoms with Gasteiger partial charge in [0, 0.05) is 19.1 Å². The van der Waals surface area contributed by atoms with Crippen molar-refractivity contribution in [1.82, 2.24) is 9.21 Å². The second-order valence-corrected chi connectivity index (χ2v) is 7.15. The number of para-hydroxylation sites is 1. The Bertz CT molecular complexity index is 551.